The molecule has 1 aliphatic carbocycles. The maximum Gasteiger partial charge on any atom is 0.356 e. The number of ketones is 1. The van der Waals surface area contributed by atoms with Crippen molar-refractivity contribution in [3.63, 3.8) is 0 Å². The molecule has 15 heteroatoms. The predicted molar refractivity (Wildman–Crippen MR) is 114 cm³/mol. The highest BCUT2D eigenvalue weighted by atomic mass is 32.2. The van der Waals surface area contributed by atoms with Crippen LogP contribution in [0.1, 0.15) is 46.5 Å². The number of hydrogen-bond acceptors (Lipinski definition) is 10. The summed E-state index contributed by atoms with van der Waals surface area (Å²) in [7, 11) is -4.41. The number of urea groups is 1. The average Bonchev–Trinajstić information content (AvgIpc) is 3.55. The molecule has 172 valence electrons. The smallest absolute Gasteiger partial charge is 0.356 e. The summed E-state index contributed by atoms with van der Waals surface area (Å²) >= 11 is 0.428. The quantitative estimate of drug-likeness (QED) is 0.355. The van der Waals surface area contributed by atoms with Gasteiger partial charge in [0.15, 0.2) is 20.8 Å². The van der Waals surface area contributed by atoms with Gasteiger partial charge >= 0.3 is 12.0 Å². The number of nitrogens with one attached hydrogen (secondary N) is 3. The number of carboxylic acid groups (broad SMARTS) is 1. The molecule has 2 aromatic heterocycles. The van der Waals surface area contributed by atoms with Gasteiger partial charge in [-0.3, -0.25) is 10.1 Å². The summed E-state index contributed by atoms with van der Waals surface area (Å²) in [5.74, 6) is -1.76. The highest BCUT2D eigenvalue weighted by molar-refractivity contribution is 7.93. The van der Waals surface area contributed by atoms with E-state index in [1.165, 1.54) is 0 Å². The van der Waals surface area contributed by atoms with Gasteiger partial charge in [0.25, 0.3) is 15.0 Å². The van der Waals surface area contributed by atoms with E-state index in [0.29, 0.717) is 16.9 Å². The summed E-state index contributed by atoms with van der Waals surface area (Å²) in [4.78, 5) is 40.6. The molecule has 0 bridgehead atoms. The van der Waals surface area contributed by atoms with Crippen molar-refractivity contribution in [2.75, 3.05) is 10.6 Å². The number of anilines is 2. The monoisotopic (exact) mass is 491 g/mol. The summed E-state index contributed by atoms with van der Waals surface area (Å²) in [5, 5.41) is 25.0. The molecule has 3 aromatic rings. The first kappa shape index (κ1) is 22.5. The molecular formula is C18H17N7O6S2. The number of aromatic amines is 1. The van der Waals surface area contributed by atoms with Crippen LogP contribution in [0.5, 0.6) is 0 Å². The van der Waals surface area contributed by atoms with Gasteiger partial charge in [-0.1, -0.05) is 41.4 Å². The summed E-state index contributed by atoms with van der Waals surface area (Å²) < 4.78 is 24.6. The van der Waals surface area contributed by atoms with Crippen molar-refractivity contribution in [1.29, 1.82) is 0 Å². The van der Waals surface area contributed by atoms with Gasteiger partial charge in [-0.25, -0.2) is 28.1 Å². The summed E-state index contributed by atoms with van der Waals surface area (Å²) in [6.45, 7) is 0. The van der Waals surface area contributed by atoms with E-state index in [1.807, 2.05) is 0 Å². The van der Waals surface area contributed by atoms with E-state index in [-0.39, 0.29) is 22.5 Å². The molecule has 1 fully saturated rings. The number of nitrogens with zero attached hydrogens (tertiary/aromatic N) is 4. The number of Topliss-reactive ketones (excluding diaryl/α,β-unsaturated/α-hetero) is 1. The Morgan fingerprint density at radius 1 is 1.12 bits per heavy atom. The number of aromatic carboxylic acids is 1. The molecule has 2 heterocycles. The third-order valence-corrected chi connectivity index (χ3v) is 8.05. The highest BCUT2D eigenvalue weighted by Gasteiger charge is 2.33. The molecule has 0 unspecified atom stereocenters. The Bertz CT molecular complexity index is 1310. The maximum atomic E-state index is 12.8. The molecule has 13 nitrogen and oxygen atoms in total. The number of aromatic nitrogens is 5. The van der Waals surface area contributed by atoms with Crippen LogP contribution in [0.15, 0.2) is 33.6 Å². The maximum absolute atomic E-state index is 12.8. The summed E-state index contributed by atoms with van der Waals surface area (Å²) in [5.41, 5.74) is -0.142. The fourth-order valence-electron chi connectivity index (χ4n) is 3.49. The van der Waals surface area contributed by atoms with Crippen LogP contribution in [0.4, 0.5) is 15.6 Å². The molecular weight excluding hydrogens is 474 g/mol. The van der Waals surface area contributed by atoms with Gasteiger partial charge in [-0.2, -0.15) is 0 Å². The van der Waals surface area contributed by atoms with Crippen LogP contribution >= 0.6 is 11.3 Å². The number of tetrazole rings is 1. The Balaban J connectivity index is 1.56. The van der Waals surface area contributed by atoms with Gasteiger partial charge in [-0.05, 0) is 35.4 Å². The van der Waals surface area contributed by atoms with Crippen LogP contribution < -0.4 is 10.6 Å². The van der Waals surface area contributed by atoms with E-state index in [2.05, 4.69) is 36.2 Å². The van der Waals surface area contributed by atoms with Gasteiger partial charge in [0.1, 0.15) is 0 Å². The molecule has 0 atom stereocenters. The molecule has 33 heavy (non-hydrogen) atoms. The molecule has 0 spiro atoms. The topological polar surface area (TPSA) is 197 Å². The number of benzene rings is 1. The zero-order valence-corrected chi connectivity index (χ0v) is 18.4. The molecule has 1 saturated carbocycles. The van der Waals surface area contributed by atoms with Crippen molar-refractivity contribution in [3.8, 4) is 0 Å². The van der Waals surface area contributed by atoms with Crippen molar-refractivity contribution in [3.05, 3.63) is 35.5 Å². The highest BCUT2D eigenvalue weighted by Crippen LogP contribution is 2.32. The summed E-state index contributed by atoms with van der Waals surface area (Å²) in [6.07, 6.45) is 3.57. The molecule has 0 radical (unpaired) electrons. The van der Waals surface area contributed by atoms with Gasteiger partial charge in [0.2, 0.25) is 0 Å². The van der Waals surface area contributed by atoms with Crippen molar-refractivity contribution >= 4 is 49.8 Å². The van der Waals surface area contributed by atoms with E-state index in [0.717, 1.165) is 25.7 Å². The lowest BCUT2D eigenvalue weighted by molar-refractivity contribution is 0.0687. The Morgan fingerprint density at radius 3 is 2.52 bits per heavy atom. The zero-order valence-electron chi connectivity index (χ0n) is 16.8. The van der Waals surface area contributed by atoms with E-state index in [1.54, 1.807) is 24.3 Å². The lowest BCUT2D eigenvalue weighted by Crippen LogP contribution is -2.22. The van der Waals surface area contributed by atoms with Gasteiger partial charge in [0.05, 0.1) is 5.69 Å². The van der Waals surface area contributed by atoms with Gasteiger partial charge in [-0.15, -0.1) is 0 Å². The number of carbonyl (C=O) groups is 3. The normalized spacial score (nSPS) is 14.2. The third kappa shape index (κ3) is 4.58. The number of hydrogen-bond donors (Lipinski definition) is 4. The Hall–Kier alpha value is -3.72. The minimum Gasteiger partial charge on any atom is -0.476 e. The third-order valence-electron chi connectivity index (χ3n) is 5.01. The van der Waals surface area contributed by atoms with Crippen LogP contribution in [-0.4, -0.2) is 56.9 Å². The van der Waals surface area contributed by atoms with Crippen molar-refractivity contribution in [2.24, 2.45) is 5.92 Å². The van der Waals surface area contributed by atoms with Crippen LogP contribution in [0.2, 0.25) is 0 Å². The average molecular weight is 492 g/mol. The first-order valence-corrected chi connectivity index (χ1v) is 12.0. The lowest BCUT2D eigenvalue weighted by atomic mass is 9.95. The first-order valence-electron chi connectivity index (χ1n) is 9.71. The van der Waals surface area contributed by atoms with Crippen molar-refractivity contribution in [2.45, 2.75) is 35.0 Å². The lowest BCUT2D eigenvalue weighted by Gasteiger charge is -2.13. The van der Waals surface area contributed by atoms with Crippen LogP contribution in [-0.2, 0) is 9.84 Å². The number of sulfone groups is 1. The van der Waals surface area contributed by atoms with Crippen LogP contribution in [0, 0.1) is 5.92 Å². The second-order valence-electron chi connectivity index (χ2n) is 7.14. The molecule has 4 rings (SSSR count). The second kappa shape index (κ2) is 9.03. The van der Waals surface area contributed by atoms with E-state index in [9.17, 15) is 27.9 Å². The zero-order chi connectivity index (χ0) is 23.6. The molecule has 0 aliphatic heterocycles. The predicted octanol–water partition coefficient (Wildman–Crippen LogP) is 2.20. The number of H-pyrrole nitrogens is 1. The number of rotatable bonds is 7. The van der Waals surface area contributed by atoms with E-state index < -0.39 is 36.9 Å². The SMILES string of the molecule is O=C(Nc1nc(C(=O)O)c(S(=O)(=O)c2nnn[nH]2)s1)Nc1ccccc1C(=O)C1CCCC1. The number of thiazole rings is 1. The minimum absolute atomic E-state index is 0.0557. The Kier molecular flexibility index (Phi) is 6.15. The Labute approximate surface area is 190 Å². The molecule has 4 N–H and O–H groups in total. The van der Waals surface area contributed by atoms with Crippen LogP contribution in [0.25, 0.3) is 0 Å². The number of amides is 2. The van der Waals surface area contributed by atoms with Gasteiger partial charge < -0.3 is 10.4 Å². The fourth-order valence-corrected chi connectivity index (χ4v) is 5.96. The molecule has 2 amide bonds. The van der Waals surface area contributed by atoms with E-state index >= 15 is 0 Å². The largest absolute Gasteiger partial charge is 0.476 e. The van der Waals surface area contributed by atoms with Crippen molar-refractivity contribution < 1.29 is 27.9 Å². The molecule has 1 aromatic carbocycles. The van der Waals surface area contributed by atoms with Crippen molar-refractivity contribution in [1.82, 2.24) is 25.6 Å². The minimum atomic E-state index is -4.41. The Morgan fingerprint density at radius 2 is 1.85 bits per heavy atom. The van der Waals surface area contributed by atoms with Crippen LogP contribution in [0.3, 0.4) is 0 Å². The second-order valence-corrected chi connectivity index (χ2v) is 10.2. The standard InChI is InChI=1S/C18H17N7O6S2/c26-13(9-5-1-2-6-9)10-7-3-4-8-11(10)19-16(29)21-17-20-12(14(27)28)15(32-17)33(30,31)18-22-24-25-23-18/h3-4,7-9H,1-2,5-6H2,(H,27,28)(H2,19,20,21,29)(H,22,23,24,25). The summed E-state index contributed by atoms with van der Waals surface area (Å²) in [6, 6.07) is 5.72. The fraction of sp³-hybridized carbons (Fsp3) is 0.278. The van der Waals surface area contributed by atoms with E-state index in [4.69, 9.17) is 0 Å². The molecule has 1 aliphatic rings. The first-order chi connectivity index (χ1) is 15.8. The molecule has 0 saturated heterocycles. The number of para-hydroxylation sites is 1. The van der Waals surface area contributed by atoms with Gasteiger partial charge in [0, 0.05) is 11.5 Å². The number of carbonyl (C=O) groups excluding carboxylic acids is 2. The number of carboxylic acids is 1.